The number of aromatic amines is 1. The van der Waals surface area contributed by atoms with Gasteiger partial charge in [-0.25, -0.2) is 4.79 Å². The largest absolute Gasteiger partial charge is 0.493 e. The van der Waals surface area contributed by atoms with E-state index in [0.29, 0.717) is 59.6 Å². The maximum atomic E-state index is 13.7. The van der Waals surface area contributed by atoms with Gasteiger partial charge in [0.05, 0.1) is 26.3 Å². The molecule has 0 aliphatic carbocycles. The van der Waals surface area contributed by atoms with Crippen LogP contribution in [-0.2, 0) is 11.2 Å². The lowest BCUT2D eigenvalue weighted by Gasteiger charge is -2.33. The molecule has 3 aromatic rings. The van der Waals surface area contributed by atoms with Crippen LogP contribution in [0.15, 0.2) is 36.4 Å². The number of carbonyl (C=O) groups is 1. The van der Waals surface area contributed by atoms with E-state index >= 15 is 0 Å². The molecular weight excluding hydrogens is 485 g/mol. The van der Waals surface area contributed by atoms with Gasteiger partial charge in [0.25, 0.3) is 0 Å². The number of piperidine rings is 1. The van der Waals surface area contributed by atoms with Gasteiger partial charge in [0.15, 0.2) is 11.5 Å². The van der Waals surface area contributed by atoms with Crippen molar-refractivity contribution in [3.05, 3.63) is 47.5 Å². The van der Waals surface area contributed by atoms with E-state index in [1.165, 1.54) is 14.2 Å². The number of fused-ring (bicyclic) bond motifs is 1. The number of carbonyl (C=O) groups excluding carboxylic acids is 1. The van der Waals surface area contributed by atoms with Crippen molar-refractivity contribution in [2.75, 3.05) is 27.3 Å². The quantitative estimate of drug-likeness (QED) is 0.392. The molecule has 1 N–H and O–H groups in total. The summed E-state index contributed by atoms with van der Waals surface area (Å²) in [5.41, 5.74) is 2.23. The van der Waals surface area contributed by atoms with Crippen molar-refractivity contribution in [1.82, 2.24) is 9.88 Å². The Hall–Kier alpha value is -3.36. The number of hydrogen-bond acceptors (Lipinski definition) is 4. The van der Waals surface area contributed by atoms with Crippen LogP contribution in [-0.4, -0.2) is 55.1 Å². The molecule has 0 radical (unpaired) electrons. The third kappa shape index (κ3) is 6.14. The average Bonchev–Trinajstić information content (AvgIpc) is 3.18. The van der Waals surface area contributed by atoms with E-state index in [-0.39, 0.29) is 17.6 Å². The van der Waals surface area contributed by atoms with Crippen molar-refractivity contribution in [3.63, 3.8) is 0 Å². The Kier molecular flexibility index (Phi) is 7.35. The minimum Gasteiger partial charge on any atom is -0.493 e. The highest BCUT2D eigenvalue weighted by Gasteiger charge is 2.32. The molecule has 0 unspecified atom stereocenters. The van der Waals surface area contributed by atoms with Gasteiger partial charge in [0.1, 0.15) is 5.60 Å². The predicted molar refractivity (Wildman–Crippen MR) is 136 cm³/mol. The molecule has 0 saturated carbocycles. The van der Waals surface area contributed by atoms with Gasteiger partial charge >= 0.3 is 12.3 Å². The Morgan fingerprint density at radius 1 is 1.00 bits per heavy atom. The summed E-state index contributed by atoms with van der Waals surface area (Å²) in [6.07, 6.45) is -4.34. The van der Waals surface area contributed by atoms with Gasteiger partial charge in [0, 0.05) is 29.6 Å². The number of ether oxygens (including phenoxy) is 3. The molecule has 1 amide bonds. The number of rotatable bonds is 5. The molecule has 0 bridgehead atoms. The first-order valence-electron chi connectivity index (χ1n) is 12.3. The lowest BCUT2D eigenvalue weighted by Crippen LogP contribution is -2.41. The van der Waals surface area contributed by atoms with E-state index in [1.54, 1.807) is 23.1 Å². The predicted octanol–water partition coefficient (Wildman–Crippen LogP) is 7.07. The molecule has 1 aliphatic rings. The molecule has 2 heterocycles. The van der Waals surface area contributed by atoms with E-state index in [1.807, 2.05) is 39.0 Å². The van der Waals surface area contributed by atoms with E-state index in [4.69, 9.17) is 14.2 Å². The summed E-state index contributed by atoms with van der Waals surface area (Å²) in [4.78, 5) is 17.3. The highest BCUT2D eigenvalue weighted by atomic mass is 19.4. The summed E-state index contributed by atoms with van der Waals surface area (Å²) in [6.45, 7) is 6.57. The number of benzene rings is 2. The molecular formula is C28H33F3N2O4. The zero-order chi connectivity index (χ0) is 27.0. The monoisotopic (exact) mass is 518 g/mol. The molecule has 0 atom stereocenters. The maximum Gasteiger partial charge on any atom is 0.410 e. The van der Waals surface area contributed by atoms with Gasteiger partial charge in [0.2, 0.25) is 0 Å². The fourth-order valence-electron chi connectivity index (χ4n) is 4.86. The fraction of sp³-hybridized carbons (Fsp3) is 0.464. The summed E-state index contributed by atoms with van der Waals surface area (Å²) in [5, 5.41) is 0.550. The molecule has 0 spiro atoms. The van der Waals surface area contributed by atoms with Crippen LogP contribution in [0.2, 0.25) is 0 Å². The minimum absolute atomic E-state index is 0.140. The first-order chi connectivity index (χ1) is 17.4. The number of methoxy groups -OCH3 is 2. The van der Waals surface area contributed by atoms with Crippen molar-refractivity contribution in [1.29, 1.82) is 0 Å². The Morgan fingerprint density at radius 3 is 2.27 bits per heavy atom. The van der Waals surface area contributed by atoms with Gasteiger partial charge in [-0.2, -0.15) is 13.2 Å². The third-order valence-corrected chi connectivity index (χ3v) is 6.60. The fourth-order valence-corrected chi connectivity index (χ4v) is 4.86. The van der Waals surface area contributed by atoms with Crippen LogP contribution in [0.5, 0.6) is 11.5 Å². The number of H-pyrrole nitrogens is 1. The van der Waals surface area contributed by atoms with Gasteiger partial charge in [-0.1, -0.05) is 6.07 Å². The number of likely N-dealkylation sites (tertiary alicyclic amines) is 1. The standard InChI is InChI=1S/C28H33F3N2O4/c1-27(2,3)37-26(34)33-12-10-17(11-13-33)18-6-8-22-20(14-18)21(16-28(29,30)31)25(32-22)19-7-9-23(35-4)24(15-19)36-5/h6-9,14-15,17,32H,10-13,16H2,1-5H3. The molecule has 200 valence electrons. The Bertz CT molecular complexity index is 1270. The minimum atomic E-state index is -4.38. The smallest absolute Gasteiger partial charge is 0.410 e. The topological polar surface area (TPSA) is 63.8 Å². The van der Waals surface area contributed by atoms with Crippen molar-refractivity contribution in [3.8, 4) is 22.8 Å². The van der Waals surface area contributed by atoms with Crippen LogP contribution >= 0.6 is 0 Å². The zero-order valence-electron chi connectivity index (χ0n) is 21.8. The Morgan fingerprint density at radius 2 is 1.68 bits per heavy atom. The van der Waals surface area contributed by atoms with Crippen molar-refractivity contribution in [2.24, 2.45) is 0 Å². The van der Waals surface area contributed by atoms with E-state index < -0.39 is 18.2 Å². The molecule has 1 aromatic heterocycles. The van der Waals surface area contributed by atoms with Gasteiger partial charge < -0.3 is 24.1 Å². The normalized spacial score (nSPS) is 15.2. The molecule has 6 nitrogen and oxygen atoms in total. The molecule has 37 heavy (non-hydrogen) atoms. The van der Waals surface area contributed by atoms with Crippen LogP contribution in [0, 0.1) is 0 Å². The van der Waals surface area contributed by atoms with Crippen molar-refractivity contribution in [2.45, 2.75) is 57.7 Å². The van der Waals surface area contributed by atoms with Gasteiger partial charge in [-0.3, -0.25) is 0 Å². The average molecular weight is 519 g/mol. The second-order valence-corrected chi connectivity index (χ2v) is 10.4. The van der Waals surface area contributed by atoms with Crippen molar-refractivity contribution < 1.29 is 32.2 Å². The molecule has 9 heteroatoms. The summed E-state index contributed by atoms with van der Waals surface area (Å²) in [6, 6.07) is 10.7. The van der Waals surface area contributed by atoms with Crippen LogP contribution in [0.3, 0.4) is 0 Å². The number of hydrogen-bond donors (Lipinski definition) is 1. The van der Waals surface area contributed by atoms with E-state index in [0.717, 1.165) is 5.56 Å². The first-order valence-corrected chi connectivity index (χ1v) is 12.3. The molecule has 1 aliphatic heterocycles. The van der Waals surface area contributed by atoms with Gasteiger partial charge in [-0.05, 0) is 81.0 Å². The highest BCUT2D eigenvalue weighted by Crippen LogP contribution is 2.40. The number of nitrogens with one attached hydrogen (secondary N) is 1. The molecule has 4 rings (SSSR count). The second-order valence-electron chi connectivity index (χ2n) is 10.4. The summed E-state index contributed by atoms with van der Waals surface area (Å²) < 4.78 is 57.2. The number of nitrogens with zero attached hydrogens (tertiary/aromatic N) is 1. The maximum absolute atomic E-state index is 13.7. The van der Waals surface area contributed by atoms with E-state index in [2.05, 4.69) is 4.98 Å². The number of aromatic nitrogens is 1. The van der Waals surface area contributed by atoms with Crippen LogP contribution in [0.25, 0.3) is 22.2 Å². The number of alkyl halides is 3. The zero-order valence-corrected chi connectivity index (χ0v) is 21.8. The number of halogens is 3. The van der Waals surface area contributed by atoms with Crippen LogP contribution in [0.4, 0.5) is 18.0 Å². The molecule has 1 fully saturated rings. The highest BCUT2D eigenvalue weighted by molar-refractivity contribution is 5.91. The lowest BCUT2D eigenvalue weighted by atomic mass is 9.88. The summed E-state index contributed by atoms with van der Waals surface area (Å²) in [5.74, 6) is 1.08. The SMILES string of the molecule is COc1ccc(-c2[nH]c3ccc(C4CCN(C(=O)OC(C)(C)C)CC4)cc3c2CC(F)(F)F)cc1OC. The number of amides is 1. The van der Waals surface area contributed by atoms with E-state index in [9.17, 15) is 18.0 Å². The summed E-state index contributed by atoms with van der Waals surface area (Å²) in [7, 11) is 3.00. The third-order valence-electron chi connectivity index (χ3n) is 6.60. The Balaban J connectivity index is 1.65. The molecule has 2 aromatic carbocycles. The van der Waals surface area contributed by atoms with Gasteiger partial charge in [-0.15, -0.1) is 0 Å². The summed E-state index contributed by atoms with van der Waals surface area (Å²) >= 11 is 0. The lowest BCUT2D eigenvalue weighted by molar-refractivity contribution is -0.126. The first kappa shape index (κ1) is 26.7. The molecule has 1 saturated heterocycles. The van der Waals surface area contributed by atoms with Crippen LogP contribution < -0.4 is 9.47 Å². The second kappa shape index (κ2) is 10.2. The van der Waals surface area contributed by atoms with Crippen LogP contribution in [0.1, 0.15) is 50.7 Å². The van der Waals surface area contributed by atoms with Crippen molar-refractivity contribution >= 4 is 17.0 Å². The Labute approximate surface area is 214 Å².